The molecule has 1 saturated heterocycles. The number of sulfone groups is 1. The van der Waals surface area contributed by atoms with Crippen LogP contribution in [0.1, 0.15) is 22.7 Å². The molecule has 4 rings (SSSR count). The van der Waals surface area contributed by atoms with Crippen LogP contribution in [0.5, 0.6) is 0 Å². The summed E-state index contributed by atoms with van der Waals surface area (Å²) in [7, 11) is 0.149. The van der Waals surface area contributed by atoms with Gasteiger partial charge >= 0.3 is 0 Å². The lowest BCUT2D eigenvalue weighted by Crippen LogP contribution is -2.43. The molecular weight excluding hydrogens is 544 g/mol. The molecule has 3 heterocycles. The normalized spacial score (nSPS) is 15.4. The van der Waals surface area contributed by atoms with Crippen LogP contribution in [-0.2, 0) is 37.4 Å². The Morgan fingerprint density at radius 2 is 1.95 bits per heavy atom. The van der Waals surface area contributed by atoms with E-state index in [1.165, 1.54) is 49.0 Å². The molecule has 2 N–H and O–H groups in total. The summed E-state index contributed by atoms with van der Waals surface area (Å²) in [6.07, 6.45) is 3.48. The molecular formula is C24H32N8O5S2. The number of carbonyl (C=O) groups excluding carboxylic acids is 1. The Labute approximate surface area is 231 Å². The zero-order valence-corrected chi connectivity index (χ0v) is 23.5. The zero-order valence-electron chi connectivity index (χ0n) is 21.9. The Morgan fingerprint density at radius 1 is 1.18 bits per heavy atom. The van der Waals surface area contributed by atoms with Gasteiger partial charge in [-0.15, -0.1) is 11.3 Å². The SMILES string of the molecule is COCCCS(=O)(=O)c1ccc(C(=NOCc2ncn[nH]2)C(=O)Nc2ncc(CN3CCN(C)CC3)s2)cc1. The highest BCUT2D eigenvalue weighted by atomic mass is 32.2. The van der Waals surface area contributed by atoms with E-state index in [1.54, 1.807) is 6.20 Å². The highest BCUT2D eigenvalue weighted by Crippen LogP contribution is 2.21. The number of amides is 1. The molecule has 0 spiro atoms. The van der Waals surface area contributed by atoms with Gasteiger partial charge in [0.15, 0.2) is 33.1 Å². The van der Waals surface area contributed by atoms with Gasteiger partial charge in [-0.1, -0.05) is 17.3 Å². The summed E-state index contributed by atoms with van der Waals surface area (Å²) in [6, 6.07) is 5.96. The molecule has 1 aliphatic rings. The standard InChI is InChI=1S/C24H32N8O5S2/c1-31-8-10-32(11-9-31)15-19-14-25-24(38-19)28-23(33)22(30-37-16-21-26-17-27-29-21)18-4-6-20(7-5-18)39(34,35)13-3-12-36-2/h4-7,14,17H,3,8-13,15-16H2,1-2H3,(H,25,28,33)(H,26,27,29). The van der Waals surface area contributed by atoms with E-state index in [4.69, 9.17) is 9.57 Å². The van der Waals surface area contributed by atoms with Crippen molar-refractivity contribution in [2.45, 2.75) is 24.5 Å². The fourth-order valence-corrected chi connectivity index (χ4v) is 5.97. The Bertz CT molecular complexity index is 1340. The van der Waals surface area contributed by atoms with E-state index in [-0.39, 0.29) is 23.0 Å². The first-order chi connectivity index (χ1) is 18.8. The summed E-state index contributed by atoms with van der Waals surface area (Å²) in [5.41, 5.74) is 0.351. The summed E-state index contributed by atoms with van der Waals surface area (Å²) in [5.74, 6) is -0.143. The predicted octanol–water partition coefficient (Wildman–Crippen LogP) is 1.38. The van der Waals surface area contributed by atoms with Gasteiger partial charge in [0.1, 0.15) is 6.33 Å². The van der Waals surface area contributed by atoms with Crippen LogP contribution in [0.2, 0.25) is 0 Å². The monoisotopic (exact) mass is 576 g/mol. The molecule has 13 nitrogen and oxygen atoms in total. The van der Waals surface area contributed by atoms with E-state index in [2.05, 4.69) is 47.5 Å². The molecule has 1 amide bonds. The smallest absolute Gasteiger partial charge is 0.280 e. The molecule has 2 aromatic heterocycles. The number of nitrogens with zero attached hydrogens (tertiary/aromatic N) is 6. The van der Waals surface area contributed by atoms with Gasteiger partial charge in [0.05, 0.1) is 10.6 Å². The highest BCUT2D eigenvalue weighted by Gasteiger charge is 2.21. The third-order valence-electron chi connectivity index (χ3n) is 6.03. The minimum absolute atomic E-state index is 0.0326. The number of nitrogens with one attached hydrogen (secondary N) is 2. The number of rotatable bonds is 13. The van der Waals surface area contributed by atoms with Crippen molar-refractivity contribution in [3.63, 3.8) is 0 Å². The second-order valence-corrected chi connectivity index (χ2v) is 12.2. The predicted molar refractivity (Wildman–Crippen MR) is 146 cm³/mol. The number of oxime groups is 1. The Balaban J connectivity index is 1.46. The van der Waals surface area contributed by atoms with Crippen molar-refractivity contribution in [2.75, 3.05) is 58.0 Å². The number of methoxy groups -OCH3 is 1. The average molecular weight is 577 g/mol. The van der Waals surface area contributed by atoms with Crippen molar-refractivity contribution in [1.82, 2.24) is 30.0 Å². The zero-order chi connectivity index (χ0) is 27.7. The third-order valence-corrected chi connectivity index (χ3v) is 8.75. The van der Waals surface area contributed by atoms with Gasteiger partial charge in [-0.05, 0) is 25.6 Å². The number of aromatic nitrogens is 4. The number of benzene rings is 1. The van der Waals surface area contributed by atoms with Crippen molar-refractivity contribution in [3.8, 4) is 0 Å². The molecule has 1 fully saturated rings. The van der Waals surface area contributed by atoms with Gasteiger partial charge in [0, 0.05) is 63.1 Å². The topological polar surface area (TPSA) is 155 Å². The van der Waals surface area contributed by atoms with Gasteiger partial charge in [-0.3, -0.25) is 20.1 Å². The minimum atomic E-state index is -3.49. The van der Waals surface area contributed by atoms with Gasteiger partial charge < -0.3 is 14.5 Å². The molecule has 0 bridgehead atoms. The van der Waals surface area contributed by atoms with E-state index in [0.717, 1.165) is 37.6 Å². The average Bonchev–Trinajstić information content (AvgIpc) is 3.60. The minimum Gasteiger partial charge on any atom is -0.387 e. The lowest BCUT2D eigenvalue weighted by molar-refractivity contribution is -0.110. The summed E-state index contributed by atoms with van der Waals surface area (Å²) in [6.45, 7) is 5.08. The first-order valence-corrected chi connectivity index (χ1v) is 14.8. The summed E-state index contributed by atoms with van der Waals surface area (Å²) in [5, 5.41) is 13.7. The van der Waals surface area contributed by atoms with Crippen LogP contribution >= 0.6 is 11.3 Å². The number of ether oxygens (including phenoxy) is 1. The van der Waals surface area contributed by atoms with Gasteiger partial charge in [-0.25, -0.2) is 18.4 Å². The number of thiazole rings is 1. The van der Waals surface area contributed by atoms with Crippen LogP contribution in [-0.4, -0.2) is 103 Å². The highest BCUT2D eigenvalue weighted by molar-refractivity contribution is 7.91. The molecule has 15 heteroatoms. The summed E-state index contributed by atoms with van der Waals surface area (Å²) >= 11 is 1.40. The number of likely N-dealkylation sites (N-methyl/N-ethyl adjacent to an activating group) is 1. The van der Waals surface area contributed by atoms with Crippen molar-refractivity contribution in [2.24, 2.45) is 5.16 Å². The van der Waals surface area contributed by atoms with Crippen LogP contribution in [0.15, 0.2) is 46.8 Å². The maximum Gasteiger partial charge on any atom is 0.280 e. The van der Waals surface area contributed by atoms with Crippen molar-refractivity contribution in [3.05, 3.63) is 53.1 Å². The van der Waals surface area contributed by atoms with Crippen molar-refractivity contribution >= 4 is 37.9 Å². The van der Waals surface area contributed by atoms with E-state index in [9.17, 15) is 13.2 Å². The molecule has 3 aromatic rings. The molecule has 0 saturated carbocycles. The molecule has 1 aromatic carbocycles. The lowest BCUT2D eigenvalue weighted by Gasteiger charge is -2.31. The van der Waals surface area contributed by atoms with Gasteiger partial charge in [-0.2, -0.15) is 5.10 Å². The number of piperazine rings is 1. The maximum atomic E-state index is 13.3. The molecule has 0 aliphatic carbocycles. The number of aromatic amines is 1. The quantitative estimate of drug-likeness (QED) is 0.173. The van der Waals surface area contributed by atoms with Crippen molar-refractivity contribution < 1.29 is 22.8 Å². The Hall–Kier alpha value is -3.24. The first kappa shape index (κ1) is 28.8. The summed E-state index contributed by atoms with van der Waals surface area (Å²) in [4.78, 5) is 32.8. The molecule has 39 heavy (non-hydrogen) atoms. The largest absolute Gasteiger partial charge is 0.387 e. The Morgan fingerprint density at radius 3 is 2.64 bits per heavy atom. The Kier molecular flexibility index (Phi) is 10.1. The lowest BCUT2D eigenvalue weighted by atomic mass is 10.1. The number of anilines is 1. The third kappa shape index (κ3) is 8.37. The number of carbonyl (C=O) groups is 1. The second kappa shape index (κ2) is 13.7. The first-order valence-electron chi connectivity index (χ1n) is 12.4. The maximum absolute atomic E-state index is 13.3. The van der Waals surface area contributed by atoms with Gasteiger partial charge in [0.2, 0.25) is 0 Å². The van der Waals surface area contributed by atoms with E-state index < -0.39 is 15.7 Å². The van der Waals surface area contributed by atoms with Crippen molar-refractivity contribution in [1.29, 1.82) is 0 Å². The van der Waals surface area contributed by atoms with Crippen LogP contribution in [0.4, 0.5) is 5.13 Å². The fourth-order valence-electron chi connectivity index (χ4n) is 3.84. The van der Waals surface area contributed by atoms with Crippen LogP contribution < -0.4 is 5.32 Å². The molecule has 210 valence electrons. The number of hydrogen-bond donors (Lipinski definition) is 2. The fraction of sp³-hybridized carbons (Fsp3) is 0.458. The van der Waals surface area contributed by atoms with E-state index >= 15 is 0 Å². The molecule has 1 aliphatic heterocycles. The second-order valence-electron chi connectivity index (χ2n) is 9.00. The van der Waals surface area contributed by atoms with Crippen LogP contribution in [0, 0.1) is 0 Å². The summed E-state index contributed by atoms with van der Waals surface area (Å²) < 4.78 is 30.2. The molecule has 0 atom stereocenters. The van der Waals surface area contributed by atoms with Crippen LogP contribution in [0.3, 0.4) is 0 Å². The molecule has 0 unspecified atom stereocenters. The van der Waals surface area contributed by atoms with Crippen LogP contribution in [0.25, 0.3) is 0 Å². The van der Waals surface area contributed by atoms with Gasteiger partial charge in [0.25, 0.3) is 5.91 Å². The molecule has 0 radical (unpaired) electrons. The van der Waals surface area contributed by atoms with E-state index in [1.807, 2.05) is 0 Å². The number of H-pyrrole nitrogens is 1. The van der Waals surface area contributed by atoms with E-state index in [0.29, 0.717) is 29.5 Å². The number of hydrogen-bond acceptors (Lipinski definition) is 12.